The molecule has 1 aromatic rings. The van der Waals surface area contributed by atoms with Crippen molar-refractivity contribution >= 4 is 5.97 Å². The summed E-state index contributed by atoms with van der Waals surface area (Å²) < 4.78 is 11.1. The van der Waals surface area contributed by atoms with Gasteiger partial charge in [0.05, 0.1) is 24.7 Å². The highest BCUT2D eigenvalue weighted by Gasteiger charge is 2.46. The molecular formula is C16H20O3. The second-order valence-electron chi connectivity index (χ2n) is 5.66. The molecule has 102 valence electrons. The highest BCUT2D eigenvalue weighted by atomic mass is 16.5. The van der Waals surface area contributed by atoms with Crippen molar-refractivity contribution in [2.24, 2.45) is 5.41 Å². The highest BCUT2D eigenvalue weighted by molar-refractivity contribution is 5.78. The number of ether oxygens (including phenoxy) is 2. The van der Waals surface area contributed by atoms with Gasteiger partial charge in [-0.25, -0.2) is 0 Å². The fraction of sp³-hybridized carbons (Fsp3) is 0.562. The zero-order valence-electron chi connectivity index (χ0n) is 11.1. The third kappa shape index (κ3) is 2.66. The van der Waals surface area contributed by atoms with Gasteiger partial charge in [-0.15, -0.1) is 0 Å². The average Bonchev–Trinajstić information content (AvgIpc) is 2.81. The molecule has 1 saturated carbocycles. The van der Waals surface area contributed by atoms with Crippen molar-refractivity contribution in [2.45, 2.75) is 44.8 Å². The molecule has 1 aliphatic heterocycles. The van der Waals surface area contributed by atoms with Gasteiger partial charge in [-0.2, -0.15) is 0 Å². The van der Waals surface area contributed by atoms with Crippen molar-refractivity contribution in [1.29, 1.82) is 0 Å². The Morgan fingerprint density at radius 1 is 1.16 bits per heavy atom. The zero-order valence-corrected chi connectivity index (χ0v) is 11.1. The summed E-state index contributed by atoms with van der Waals surface area (Å²) in [5.41, 5.74) is 1.04. The van der Waals surface area contributed by atoms with Gasteiger partial charge in [0.2, 0.25) is 0 Å². The molecule has 0 unspecified atom stereocenters. The van der Waals surface area contributed by atoms with Crippen molar-refractivity contribution in [1.82, 2.24) is 0 Å². The molecule has 0 atom stereocenters. The van der Waals surface area contributed by atoms with E-state index in [2.05, 4.69) is 12.1 Å². The van der Waals surface area contributed by atoms with Crippen LogP contribution in [0.4, 0.5) is 0 Å². The van der Waals surface area contributed by atoms with Gasteiger partial charge in [0.1, 0.15) is 0 Å². The first-order valence-electron chi connectivity index (χ1n) is 7.11. The van der Waals surface area contributed by atoms with Crippen LogP contribution in [0.2, 0.25) is 0 Å². The Kier molecular flexibility index (Phi) is 3.56. The molecule has 1 spiro atoms. The lowest BCUT2D eigenvalue weighted by Gasteiger charge is -2.33. The van der Waals surface area contributed by atoms with Gasteiger partial charge < -0.3 is 9.47 Å². The first-order valence-corrected chi connectivity index (χ1v) is 7.11. The molecule has 1 aliphatic carbocycles. The van der Waals surface area contributed by atoms with E-state index in [-0.39, 0.29) is 11.4 Å². The first-order chi connectivity index (χ1) is 9.28. The van der Waals surface area contributed by atoms with Crippen LogP contribution in [0.25, 0.3) is 0 Å². The van der Waals surface area contributed by atoms with E-state index in [9.17, 15) is 4.79 Å². The molecule has 0 radical (unpaired) electrons. The van der Waals surface area contributed by atoms with Crippen LogP contribution in [0, 0.1) is 5.41 Å². The Bertz CT molecular complexity index is 433. The number of benzene rings is 1. The van der Waals surface area contributed by atoms with Crippen molar-refractivity contribution in [3.05, 3.63) is 35.9 Å². The van der Waals surface area contributed by atoms with Gasteiger partial charge in [-0.1, -0.05) is 30.3 Å². The van der Waals surface area contributed by atoms with E-state index in [0.717, 1.165) is 32.1 Å². The van der Waals surface area contributed by atoms with Crippen LogP contribution in [0.3, 0.4) is 0 Å². The molecule has 2 aliphatic rings. The normalized spacial score (nSPS) is 30.5. The van der Waals surface area contributed by atoms with E-state index >= 15 is 0 Å². The van der Waals surface area contributed by atoms with E-state index in [4.69, 9.17) is 9.47 Å². The number of esters is 1. The number of carbonyl (C=O) groups is 1. The minimum absolute atomic E-state index is 0.0222. The van der Waals surface area contributed by atoms with E-state index in [1.807, 2.05) is 18.2 Å². The van der Waals surface area contributed by atoms with Gasteiger partial charge >= 0.3 is 5.97 Å². The molecule has 2 fully saturated rings. The lowest BCUT2D eigenvalue weighted by Crippen LogP contribution is -2.34. The summed E-state index contributed by atoms with van der Waals surface area (Å²) in [5.74, 6) is 0.0222. The first kappa shape index (κ1) is 12.7. The molecule has 3 rings (SSSR count). The van der Waals surface area contributed by atoms with Crippen molar-refractivity contribution < 1.29 is 14.3 Å². The summed E-state index contributed by atoms with van der Waals surface area (Å²) in [6.07, 6.45) is 4.98. The van der Waals surface area contributed by atoms with Crippen molar-refractivity contribution in [2.75, 3.05) is 6.61 Å². The number of hydrogen-bond acceptors (Lipinski definition) is 3. The maximum absolute atomic E-state index is 11.8. The average molecular weight is 260 g/mol. The van der Waals surface area contributed by atoms with Crippen LogP contribution in [-0.4, -0.2) is 18.7 Å². The fourth-order valence-corrected chi connectivity index (χ4v) is 3.15. The van der Waals surface area contributed by atoms with Crippen LogP contribution in [0.5, 0.6) is 0 Å². The fourth-order valence-electron chi connectivity index (χ4n) is 3.15. The third-order valence-corrected chi connectivity index (χ3v) is 4.47. The molecule has 3 heteroatoms. The summed E-state index contributed by atoms with van der Waals surface area (Å²) in [6, 6.07) is 10.2. The van der Waals surface area contributed by atoms with Crippen molar-refractivity contribution in [3.8, 4) is 0 Å². The van der Waals surface area contributed by atoms with Gasteiger partial charge in [0.15, 0.2) is 0 Å². The predicted octanol–water partition coefficient (Wildman–Crippen LogP) is 3.08. The van der Waals surface area contributed by atoms with Crippen LogP contribution in [0.15, 0.2) is 30.3 Å². The van der Waals surface area contributed by atoms with Crippen molar-refractivity contribution in [3.63, 3.8) is 0 Å². The maximum Gasteiger partial charge on any atom is 0.312 e. The van der Waals surface area contributed by atoms with Crippen LogP contribution >= 0.6 is 0 Å². The minimum atomic E-state index is -0.174. The lowest BCUT2D eigenvalue weighted by atomic mass is 9.72. The molecule has 19 heavy (non-hydrogen) atoms. The van der Waals surface area contributed by atoms with E-state index in [1.54, 1.807) is 0 Å². The second-order valence-corrected chi connectivity index (χ2v) is 5.66. The molecule has 0 bridgehead atoms. The number of cyclic esters (lactones) is 1. The third-order valence-electron chi connectivity index (χ3n) is 4.47. The number of rotatable bonds is 3. The summed E-state index contributed by atoms with van der Waals surface area (Å²) in [6.45, 7) is 1.28. The van der Waals surface area contributed by atoms with E-state index in [1.165, 1.54) is 5.56 Å². The Hall–Kier alpha value is -1.35. The van der Waals surface area contributed by atoms with Crippen LogP contribution in [0.1, 0.15) is 37.7 Å². The maximum atomic E-state index is 11.8. The molecule has 0 amide bonds. The summed E-state index contributed by atoms with van der Waals surface area (Å²) >= 11 is 0. The van der Waals surface area contributed by atoms with E-state index < -0.39 is 0 Å². The summed E-state index contributed by atoms with van der Waals surface area (Å²) in [4.78, 5) is 11.8. The number of carbonyl (C=O) groups excluding carboxylic acids is 1. The Balaban J connectivity index is 1.49. The summed E-state index contributed by atoms with van der Waals surface area (Å²) in [7, 11) is 0. The van der Waals surface area contributed by atoms with Gasteiger partial charge in [0, 0.05) is 0 Å². The molecule has 3 nitrogen and oxygen atoms in total. The topological polar surface area (TPSA) is 35.5 Å². The largest absolute Gasteiger partial charge is 0.465 e. The second kappa shape index (κ2) is 5.33. The summed E-state index contributed by atoms with van der Waals surface area (Å²) in [5, 5.41) is 0. The highest BCUT2D eigenvalue weighted by Crippen LogP contribution is 2.44. The molecule has 1 heterocycles. The molecule has 1 aromatic carbocycles. The number of hydrogen-bond donors (Lipinski definition) is 0. The van der Waals surface area contributed by atoms with Gasteiger partial charge in [-0.05, 0) is 37.7 Å². The van der Waals surface area contributed by atoms with Crippen LogP contribution in [-0.2, 0) is 20.9 Å². The molecular weight excluding hydrogens is 240 g/mol. The van der Waals surface area contributed by atoms with Gasteiger partial charge in [-0.3, -0.25) is 4.79 Å². The molecule has 0 aromatic heterocycles. The van der Waals surface area contributed by atoms with E-state index in [0.29, 0.717) is 19.3 Å². The Morgan fingerprint density at radius 2 is 1.89 bits per heavy atom. The Labute approximate surface area is 113 Å². The van der Waals surface area contributed by atoms with Crippen LogP contribution < -0.4 is 0 Å². The zero-order chi connectivity index (χ0) is 13.1. The van der Waals surface area contributed by atoms with Gasteiger partial charge in [0.25, 0.3) is 0 Å². The smallest absolute Gasteiger partial charge is 0.312 e. The lowest BCUT2D eigenvalue weighted by molar-refractivity contribution is -0.149. The Morgan fingerprint density at radius 3 is 2.53 bits per heavy atom. The minimum Gasteiger partial charge on any atom is -0.465 e. The quantitative estimate of drug-likeness (QED) is 0.783. The predicted molar refractivity (Wildman–Crippen MR) is 71.5 cm³/mol. The molecule has 0 N–H and O–H groups in total. The monoisotopic (exact) mass is 260 g/mol. The SMILES string of the molecule is O=C1OCCC12CCC(OCc1ccccc1)CC2. The standard InChI is InChI=1S/C16H20O3/c17-15-16(10-11-18-15)8-6-14(7-9-16)19-12-13-4-2-1-3-5-13/h1-5,14H,6-12H2. The molecule has 1 saturated heterocycles.